The number of ether oxygens (including phenoxy) is 3. The second kappa shape index (κ2) is 19.0. The summed E-state index contributed by atoms with van der Waals surface area (Å²) in [6.45, 7) is 14.9. The minimum Gasteiger partial charge on any atom is -0.493 e. The van der Waals surface area contributed by atoms with E-state index in [-0.39, 0.29) is 26.4 Å². The van der Waals surface area contributed by atoms with E-state index in [4.69, 9.17) is 14.2 Å². The number of hydrogen-bond acceptors (Lipinski definition) is 7. The maximum atomic E-state index is 12.2. The largest absolute Gasteiger partial charge is 0.493 e. The summed E-state index contributed by atoms with van der Waals surface area (Å²) in [5.41, 5.74) is 7.34. The molecule has 48 heavy (non-hydrogen) atoms. The Balaban J connectivity index is 1.96. The Hall–Kier alpha value is -4.20. The maximum Gasteiger partial charge on any atom is 0.333 e. The van der Waals surface area contributed by atoms with Gasteiger partial charge in [0.25, 0.3) is 0 Å². The fourth-order valence-corrected chi connectivity index (χ4v) is 5.16. The van der Waals surface area contributed by atoms with Crippen LogP contribution in [0.2, 0.25) is 0 Å². The van der Waals surface area contributed by atoms with Crippen LogP contribution in [0.4, 0.5) is 0 Å². The number of unbranched alkanes of at least 4 members (excludes halogenated alkanes) is 2. The monoisotopic (exact) mass is 656 g/mol. The average Bonchev–Trinajstić information content (AvgIpc) is 3.08. The van der Waals surface area contributed by atoms with Gasteiger partial charge in [0.1, 0.15) is 5.75 Å². The second-order valence-corrected chi connectivity index (χ2v) is 12.9. The molecule has 2 N–H and O–H groups in total. The van der Waals surface area contributed by atoms with Gasteiger partial charge in [-0.05, 0) is 84.2 Å². The Kier molecular flexibility index (Phi) is 15.1. The topological polar surface area (TPSA) is 102 Å². The predicted molar refractivity (Wildman–Crippen MR) is 192 cm³/mol. The average molecular weight is 657 g/mol. The highest BCUT2D eigenvalue weighted by Crippen LogP contribution is 2.33. The third-order valence-corrected chi connectivity index (χ3v) is 8.47. The summed E-state index contributed by atoms with van der Waals surface area (Å²) in [6.07, 6.45) is 6.05. The highest BCUT2D eigenvalue weighted by molar-refractivity contribution is 5.87. The summed E-state index contributed by atoms with van der Waals surface area (Å²) >= 11 is 0. The molecule has 0 spiro atoms. The Morgan fingerprint density at radius 2 is 1.27 bits per heavy atom. The third kappa shape index (κ3) is 11.5. The fourth-order valence-electron chi connectivity index (χ4n) is 5.16. The van der Waals surface area contributed by atoms with Gasteiger partial charge in [-0.15, -0.1) is 0 Å². The lowest BCUT2D eigenvalue weighted by atomic mass is 9.89. The molecule has 3 aromatic carbocycles. The van der Waals surface area contributed by atoms with Gasteiger partial charge >= 0.3 is 11.9 Å². The van der Waals surface area contributed by atoms with Crippen LogP contribution in [0.15, 0.2) is 85.0 Å². The van der Waals surface area contributed by atoms with Crippen molar-refractivity contribution in [2.24, 2.45) is 5.41 Å². The van der Waals surface area contributed by atoms with Crippen molar-refractivity contribution in [3.63, 3.8) is 0 Å². The summed E-state index contributed by atoms with van der Waals surface area (Å²) in [5.74, 6) is -0.236. The molecule has 0 saturated carbocycles. The third-order valence-electron chi connectivity index (χ3n) is 8.47. The number of benzene rings is 3. The molecule has 0 bridgehead atoms. The molecule has 3 aromatic rings. The van der Waals surface area contributed by atoms with E-state index >= 15 is 0 Å². The summed E-state index contributed by atoms with van der Waals surface area (Å²) in [7, 11) is 0. The van der Waals surface area contributed by atoms with Crippen molar-refractivity contribution < 1.29 is 34.0 Å². The van der Waals surface area contributed by atoms with Crippen LogP contribution in [0.1, 0.15) is 70.1 Å². The first kappa shape index (κ1) is 38.2. The molecule has 0 unspecified atom stereocenters. The highest BCUT2D eigenvalue weighted by Gasteiger charge is 2.23. The number of esters is 2. The lowest BCUT2D eigenvalue weighted by molar-refractivity contribution is -0.139. The van der Waals surface area contributed by atoms with Gasteiger partial charge in [-0.2, -0.15) is 0 Å². The van der Waals surface area contributed by atoms with E-state index in [1.165, 1.54) is 24.8 Å². The minimum absolute atomic E-state index is 0.146. The standard InChI is InChI=1S/C41H52O7/c1-7-8-9-10-31-11-13-32(14-12-31)33-15-17-37(35(25-33)19-22-47-39(44)29(2)3)34-16-18-38(46-24-21-41(6,27-42)28-43)36(26-34)20-23-48-40(45)30(4)5/h11-18,25-26,42-43H,2,4,7-10,19-24,27-28H2,1,3,5-6H3. The molecular formula is C41H52O7. The molecule has 0 amide bonds. The quantitative estimate of drug-likeness (QED) is 0.0726. The molecule has 3 rings (SSSR count). The Morgan fingerprint density at radius 1 is 0.708 bits per heavy atom. The van der Waals surface area contributed by atoms with Gasteiger partial charge in [-0.25, -0.2) is 9.59 Å². The van der Waals surface area contributed by atoms with Crippen LogP contribution >= 0.6 is 0 Å². The van der Waals surface area contributed by atoms with Crippen molar-refractivity contribution in [2.45, 2.75) is 72.6 Å². The van der Waals surface area contributed by atoms with Crippen molar-refractivity contribution in [3.05, 3.63) is 102 Å². The van der Waals surface area contributed by atoms with Gasteiger partial charge in [0.2, 0.25) is 0 Å². The number of carbonyl (C=O) groups excluding carboxylic acids is 2. The van der Waals surface area contributed by atoms with Crippen LogP contribution in [-0.2, 0) is 38.3 Å². The van der Waals surface area contributed by atoms with Crippen molar-refractivity contribution in [1.29, 1.82) is 0 Å². The lowest BCUT2D eigenvalue weighted by Gasteiger charge is -2.24. The Morgan fingerprint density at radius 3 is 1.85 bits per heavy atom. The molecule has 258 valence electrons. The number of carbonyl (C=O) groups is 2. The molecule has 7 nitrogen and oxygen atoms in total. The molecule has 0 aromatic heterocycles. The molecule has 0 radical (unpaired) electrons. The van der Waals surface area contributed by atoms with E-state index in [0.717, 1.165) is 39.8 Å². The molecule has 7 heteroatoms. The summed E-state index contributed by atoms with van der Waals surface area (Å²) < 4.78 is 17.0. The van der Waals surface area contributed by atoms with Crippen LogP contribution < -0.4 is 4.74 Å². The number of hydrogen-bond donors (Lipinski definition) is 2. The molecule has 0 heterocycles. The molecular weight excluding hydrogens is 604 g/mol. The molecule has 0 aliphatic heterocycles. The van der Waals surface area contributed by atoms with E-state index in [1.807, 2.05) is 18.2 Å². The van der Waals surface area contributed by atoms with Crippen LogP contribution in [0.5, 0.6) is 5.75 Å². The Labute approximate surface area is 286 Å². The van der Waals surface area contributed by atoms with Gasteiger partial charge in [0.05, 0.1) is 33.0 Å². The maximum absolute atomic E-state index is 12.2. The van der Waals surface area contributed by atoms with Gasteiger partial charge in [-0.1, -0.05) is 88.4 Å². The van der Waals surface area contributed by atoms with Gasteiger partial charge < -0.3 is 24.4 Å². The van der Waals surface area contributed by atoms with E-state index in [1.54, 1.807) is 20.8 Å². The van der Waals surface area contributed by atoms with Crippen molar-refractivity contribution in [2.75, 3.05) is 33.0 Å². The molecule has 0 saturated heterocycles. The zero-order valence-corrected chi connectivity index (χ0v) is 29.1. The zero-order chi connectivity index (χ0) is 35.1. The van der Waals surface area contributed by atoms with Crippen LogP contribution in [-0.4, -0.2) is 55.2 Å². The highest BCUT2D eigenvalue weighted by atomic mass is 16.5. The Bertz CT molecular complexity index is 1530. The second-order valence-electron chi connectivity index (χ2n) is 12.9. The fraction of sp³-hybridized carbons (Fsp3) is 0.415. The van der Waals surface area contributed by atoms with Crippen LogP contribution in [0.25, 0.3) is 22.3 Å². The zero-order valence-electron chi connectivity index (χ0n) is 29.1. The first-order valence-corrected chi connectivity index (χ1v) is 16.9. The normalized spacial score (nSPS) is 11.2. The minimum atomic E-state index is -0.656. The molecule has 0 atom stereocenters. The van der Waals surface area contributed by atoms with Gasteiger partial charge in [0, 0.05) is 29.4 Å². The summed E-state index contributed by atoms with van der Waals surface area (Å²) in [4.78, 5) is 24.2. The van der Waals surface area contributed by atoms with Gasteiger partial charge in [0.15, 0.2) is 0 Å². The van der Waals surface area contributed by atoms with E-state index in [9.17, 15) is 19.8 Å². The van der Waals surface area contributed by atoms with Crippen molar-refractivity contribution in [3.8, 4) is 28.0 Å². The van der Waals surface area contributed by atoms with E-state index < -0.39 is 17.4 Å². The number of rotatable bonds is 20. The van der Waals surface area contributed by atoms with Gasteiger partial charge in [-0.3, -0.25) is 0 Å². The lowest BCUT2D eigenvalue weighted by Crippen LogP contribution is -2.28. The number of aliphatic hydroxyl groups is 2. The van der Waals surface area contributed by atoms with Crippen molar-refractivity contribution in [1.82, 2.24) is 0 Å². The molecule has 0 aliphatic carbocycles. The molecule has 0 aliphatic rings. The summed E-state index contributed by atoms with van der Waals surface area (Å²) in [5, 5.41) is 19.4. The van der Waals surface area contributed by atoms with Crippen LogP contribution in [0, 0.1) is 5.41 Å². The smallest absolute Gasteiger partial charge is 0.333 e. The number of aryl methyl sites for hydroxylation is 1. The van der Waals surface area contributed by atoms with E-state index in [2.05, 4.69) is 62.5 Å². The first-order chi connectivity index (χ1) is 23.0. The first-order valence-electron chi connectivity index (χ1n) is 16.9. The SMILES string of the molecule is C=C(C)C(=O)OCCc1cc(-c2ccc(-c3ccc(CCCCC)cc3)cc2CCOC(=O)C(=C)C)ccc1OCCC(C)(CO)CO. The van der Waals surface area contributed by atoms with E-state index in [0.29, 0.717) is 42.8 Å². The van der Waals surface area contributed by atoms with Crippen LogP contribution in [0.3, 0.4) is 0 Å². The van der Waals surface area contributed by atoms with Crippen molar-refractivity contribution >= 4 is 11.9 Å². The number of aliphatic hydroxyl groups excluding tert-OH is 2. The summed E-state index contributed by atoms with van der Waals surface area (Å²) in [6, 6.07) is 21.0. The molecule has 0 fully saturated rings. The predicted octanol–water partition coefficient (Wildman–Crippen LogP) is 7.84.